The Kier molecular flexibility index (Phi) is 4.19. The Labute approximate surface area is 122 Å². The number of rotatable bonds is 4. The average Bonchev–Trinajstić information content (AvgIpc) is 3.09. The monoisotopic (exact) mass is 296 g/mol. The molecular weight excluding hydrogens is 276 g/mol. The molecule has 0 bridgehead atoms. The molecule has 1 saturated carbocycles. The van der Waals surface area contributed by atoms with E-state index in [-0.39, 0.29) is 17.2 Å². The molecule has 0 spiro atoms. The van der Waals surface area contributed by atoms with Gasteiger partial charge in [0.1, 0.15) is 0 Å². The third-order valence-corrected chi connectivity index (χ3v) is 5.33. The lowest BCUT2D eigenvalue weighted by atomic mass is 10.2. The van der Waals surface area contributed by atoms with Gasteiger partial charge in [0.15, 0.2) is 11.4 Å². The van der Waals surface area contributed by atoms with E-state index in [4.69, 9.17) is 4.74 Å². The molecule has 5 nitrogen and oxygen atoms in total. The first-order valence-corrected chi connectivity index (χ1v) is 8.39. The van der Waals surface area contributed by atoms with Crippen molar-refractivity contribution in [3.05, 3.63) is 11.9 Å². The summed E-state index contributed by atoms with van der Waals surface area (Å²) in [6.07, 6.45) is 9.42. The van der Waals surface area contributed by atoms with E-state index in [1.54, 1.807) is 22.6 Å². The molecule has 110 valence electrons. The number of thioether (sulfide) groups is 1. The molecule has 1 aliphatic heterocycles. The van der Waals surface area contributed by atoms with Crippen LogP contribution in [-0.4, -0.2) is 32.7 Å². The number of carboxylic acid groups (broad SMARTS) is 1. The van der Waals surface area contributed by atoms with Crippen LogP contribution in [-0.2, 0) is 0 Å². The lowest BCUT2D eigenvalue weighted by molar-refractivity contribution is 0.0674. The molecule has 1 saturated heterocycles. The maximum atomic E-state index is 11.6. The van der Waals surface area contributed by atoms with Crippen LogP contribution >= 0.6 is 11.8 Å². The molecular formula is C14H20N2O3S. The van der Waals surface area contributed by atoms with Crippen LogP contribution in [0, 0.1) is 0 Å². The highest BCUT2D eigenvalue weighted by atomic mass is 32.2. The van der Waals surface area contributed by atoms with Crippen LogP contribution in [0.3, 0.4) is 0 Å². The van der Waals surface area contributed by atoms with Crippen LogP contribution in [0.15, 0.2) is 6.20 Å². The molecule has 1 aromatic heterocycles. The summed E-state index contributed by atoms with van der Waals surface area (Å²) in [5, 5.41) is 13.9. The first-order chi connectivity index (χ1) is 9.75. The van der Waals surface area contributed by atoms with E-state index in [2.05, 4.69) is 5.10 Å². The second-order valence-electron chi connectivity index (χ2n) is 5.45. The van der Waals surface area contributed by atoms with E-state index in [1.165, 1.54) is 19.3 Å². The number of aromatic carboxylic acids is 1. The summed E-state index contributed by atoms with van der Waals surface area (Å²) in [5.41, 5.74) is 0.219. The van der Waals surface area contributed by atoms with Gasteiger partial charge in [0.25, 0.3) is 0 Å². The van der Waals surface area contributed by atoms with Gasteiger partial charge in [-0.05, 0) is 50.7 Å². The fraction of sp³-hybridized carbons (Fsp3) is 0.714. The molecule has 1 unspecified atom stereocenters. The number of nitrogens with zero attached hydrogens (tertiary/aromatic N) is 2. The molecule has 2 fully saturated rings. The minimum atomic E-state index is -0.943. The van der Waals surface area contributed by atoms with Crippen molar-refractivity contribution >= 4 is 17.7 Å². The predicted octanol–water partition coefficient (Wildman–Crippen LogP) is 3.32. The molecule has 1 atom stereocenters. The van der Waals surface area contributed by atoms with Crippen LogP contribution in [0.5, 0.6) is 5.75 Å². The second-order valence-corrected chi connectivity index (χ2v) is 6.74. The van der Waals surface area contributed by atoms with Crippen LogP contribution in [0.4, 0.5) is 0 Å². The normalized spacial score (nSPS) is 23.9. The Bertz CT molecular complexity index is 477. The number of carboxylic acids is 1. The van der Waals surface area contributed by atoms with Gasteiger partial charge >= 0.3 is 5.97 Å². The number of aromatic nitrogens is 2. The van der Waals surface area contributed by atoms with Gasteiger partial charge in [0.05, 0.1) is 17.7 Å². The van der Waals surface area contributed by atoms with E-state index in [0.29, 0.717) is 5.75 Å². The highest BCUT2D eigenvalue weighted by molar-refractivity contribution is 7.99. The number of hydrogen-bond acceptors (Lipinski definition) is 4. The van der Waals surface area contributed by atoms with Gasteiger partial charge in [-0.1, -0.05) is 0 Å². The molecule has 20 heavy (non-hydrogen) atoms. The van der Waals surface area contributed by atoms with Crippen LogP contribution in [0.25, 0.3) is 0 Å². The molecule has 0 radical (unpaired) electrons. The highest BCUT2D eigenvalue weighted by Crippen LogP contribution is 2.37. The van der Waals surface area contributed by atoms with E-state index in [0.717, 1.165) is 31.4 Å². The lowest BCUT2D eigenvalue weighted by Gasteiger charge is -2.22. The summed E-state index contributed by atoms with van der Waals surface area (Å²) in [7, 11) is 0. The van der Waals surface area contributed by atoms with Gasteiger partial charge in [-0.25, -0.2) is 9.48 Å². The zero-order chi connectivity index (χ0) is 13.9. The fourth-order valence-corrected chi connectivity index (χ4v) is 4.23. The van der Waals surface area contributed by atoms with Crippen molar-refractivity contribution in [2.75, 3.05) is 5.75 Å². The Morgan fingerprint density at radius 3 is 2.70 bits per heavy atom. The number of ether oxygens (including phenoxy) is 1. The Hall–Kier alpha value is -1.17. The average molecular weight is 296 g/mol. The van der Waals surface area contributed by atoms with Crippen molar-refractivity contribution in [1.29, 1.82) is 0 Å². The summed E-state index contributed by atoms with van der Waals surface area (Å²) in [4.78, 5) is 11.6. The summed E-state index contributed by atoms with van der Waals surface area (Å²) in [6.45, 7) is 0. The van der Waals surface area contributed by atoms with E-state index >= 15 is 0 Å². The topological polar surface area (TPSA) is 64.3 Å². The summed E-state index contributed by atoms with van der Waals surface area (Å²) in [6, 6.07) is 0. The van der Waals surface area contributed by atoms with E-state index in [1.807, 2.05) is 0 Å². The summed E-state index contributed by atoms with van der Waals surface area (Å²) >= 11 is 1.79. The van der Waals surface area contributed by atoms with Crippen molar-refractivity contribution in [2.24, 2.45) is 0 Å². The highest BCUT2D eigenvalue weighted by Gasteiger charge is 2.28. The van der Waals surface area contributed by atoms with Crippen molar-refractivity contribution in [2.45, 2.75) is 56.4 Å². The first kappa shape index (κ1) is 13.8. The third kappa shape index (κ3) is 2.80. The minimum Gasteiger partial charge on any atom is -0.486 e. The molecule has 1 aromatic rings. The zero-order valence-corrected chi connectivity index (χ0v) is 12.3. The third-order valence-electron chi connectivity index (χ3n) is 3.99. The first-order valence-electron chi connectivity index (χ1n) is 7.35. The van der Waals surface area contributed by atoms with Gasteiger partial charge in [-0.15, -0.1) is 11.8 Å². The Morgan fingerprint density at radius 1 is 1.30 bits per heavy atom. The van der Waals surface area contributed by atoms with Crippen LogP contribution in [0.2, 0.25) is 0 Å². The number of hydrogen-bond donors (Lipinski definition) is 1. The quantitative estimate of drug-likeness (QED) is 0.923. The zero-order valence-electron chi connectivity index (χ0n) is 11.5. The molecule has 3 rings (SSSR count). The molecule has 1 N–H and O–H groups in total. The smallest absolute Gasteiger partial charge is 0.358 e. The van der Waals surface area contributed by atoms with E-state index in [9.17, 15) is 9.90 Å². The molecule has 0 amide bonds. The van der Waals surface area contributed by atoms with Gasteiger partial charge in [0, 0.05) is 0 Å². The van der Waals surface area contributed by atoms with Gasteiger partial charge in [-0.2, -0.15) is 5.10 Å². The standard InChI is InChI=1S/C14H20N2O3S/c17-14(18)13-11(19-10-5-1-2-6-10)9-15-16(13)12-7-3-4-8-20-12/h9-10,12H,1-8H2,(H,17,18). The maximum absolute atomic E-state index is 11.6. The summed E-state index contributed by atoms with van der Waals surface area (Å²) in [5.74, 6) is 0.569. The fourth-order valence-electron chi connectivity index (χ4n) is 2.96. The van der Waals surface area contributed by atoms with Gasteiger partial charge in [-0.3, -0.25) is 0 Å². The Balaban J connectivity index is 1.82. The van der Waals surface area contributed by atoms with Gasteiger partial charge < -0.3 is 9.84 Å². The second kappa shape index (κ2) is 6.08. The summed E-state index contributed by atoms with van der Waals surface area (Å²) < 4.78 is 7.52. The van der Waals surface area contributed by atoms with Crippen molar-refractivity contribution in [3.8, 4) is 5.75 Å². The largest absolute Gasteiger partial charge is 0.486 e. The predicted molar refractivity (Wildman–Crippen MR) is 77.4 cm³/mol. The molecule has 1 aliphatic carbocycles. The molecule has 6 heteroatoms. The van der Waals surface area contributed by atoms with Crippen molar-refractivity contribution in [3.63, 3.8) is 0 Å². The molecule has 2 heterocycles. The molecule has 0 aromatic carbocycles. The lowest BCUT2D eigenvalue weighted by Crippen LogP contribution is -2.19. The van der Waals surface area contributed by atoms with Crippen molar-refractivity contribution < 1.29 is 14.6 Å². The van der Waals surface area contributed by atoms with Gasteiger partial charge in [0.2, 0.25) is 0 Å². The molecule has 2 aliphatic rings. The maximum Gasteiger partial charge on any atom is 0.358 e. The number of carbonyl (C=O) groups is 1. The SMILES string of the molecule is O=C(O)c1c(OC2CCCC2)cnn1C1CCCCS1. The van der Waals surface area contributed by atoms with Crippen LogP contribution < -0.4 is 4.74 Å². The van der Waals surface area contributed by atoms with Crippen LogP contribution in [0.1, 0.15) is 60.8 Å². The minimum absolute atomic E-state index is 0.135. The van der Waals surface area contributed by atoms with Crippen molar-refractivity contribution in [1.82, 2.24) is 9.78 Å². The Morgan fingerprint density at radius 2 is 2.05 bits per heavy atom. The van der Waals surface area contributed by atoms with E-state index < -0.39 is 5.97 Å².